The molecule has 3 rings (SSSR count). The van der Waals surface area contributed by atoms with Gasteiger partial charge in [0.1, 0.15) is 5.76 Å². The van der Waals surface area contributed by atoms with Gasteiger partial charge in [-0.3, -0.25) is 9.69 Å². The maximum Gasteiger partial charge on any atom is 0.220 e. The number of rotatable bonds is 3. The van der Waals surface area contributed by atoms with Gasteiger partial charge in [-0.25, -0.2) is 0 Å². The average Bonchev–Trinajstić information content (AvgIpc) is 2.99. The first-order valence-corrected chi connectivity index (χ1v) is 7.76. The number of hydrogen-bond donors (Lipinski definition) is 1. The van der Waals surface area contributed by atoms with E-state index in [0.717, 1.165) is 30.1 Å². The summed E-state index contributed by atoms with van der Waals surface area (Å²) in [6.07, 6.45) is 4.39. The minimum atomic E-state index is 0.205. The highest BCUT2D eigenvalue weighted by Gasteiger charge is 2.34. The van der Waals surface area contributed by atoms with E-state index in [1.54, 1.807) is 0 Å². The van der Waals surface area contributed by atoms with Crippen molar-refractivity contribution in [2.45, 2.75) is 38.3 Å². The molecule has 5 heteroatoms. The first-order chi connectivity index (χ1) is 9.22. The number of nitrogens with one attached hydrogen (secondary N) is 1. The van der Waals surface area contributed by atoms with Gasteiger partial charge in [-0.15, -0.1) is 0 Å². The highest BCUT2D eigenvalue weighted by Crippen LogP contribution is 2.29. The standard InChI is InChI=1S/C14H19BrN2O2/c15-13-5-4-11(19-13)9-17-6-2-1-3-12(17)10-7-14(18)16-8-10/h4-5,10,12H,1-3,6-9H2,(H,16,18)/t10-,12+/m1/s1. The van der Waals surface area contributed by atoms with Crippen molar-refractivity contribution < 1.29 is 9.21 Å². The maximum absolute atomic E-state index is 11.4. The zero-order chi connectivity index (χ0) is 13.2. The average molecular weight is 327 g/mol. The Hall–Kier alpha value is -0.810. The number of halogens is 1. The number of piperidine rings is 1. The summed E-state index contributed by atoms with van der Waals surface area (Å²) in [4.78, 5) is 13.9. The molecule has 2 aliphatic heterocycles. The Morgan fingerprint density at radius 3 is 3.00 bits per heavy atom. The first-order valence-electron chi connectivity index (χ1n) is 6.97. The van der Waals surface area contributed by atoms with Crippen LogP contribution in [0.1, 0.15) is 31.4 Å². The van der Waals surface area contributed by atoms with Crippen molar-refractivity contribution >= 4 is 21.8 Å². The number of carbonyl (C=O) groups excluding carboxylic acids is 1. The van der Waals surface area contributed by atoms with Gasteiger partial charge in [-0.1, -0.05) is 6.42 Å². The molecule has 0 radical (unpaired) electrons. The molecule has 4 nitrogen and oxygen atoms in total. The van der Waals surface area contributed by atoms with Crippen molar-refractivity contribution in [2.24, 2.45) is 5.92 Å². The van der Waals surface area contributed by atoms with Gasteiger partial charge < -0.3 is 9.73 Å². The number of carbonyl (C=O) groups is 1. The number of nitrogens with zero attached hydrogens (tertiary/aromatic N) is 1. The molecule has 0 saturated carbocycles. The molecule has 0 aliphatic carbocycles. The fourth-order valence-corrected chi connectivity index (χ4v) is 3.62. The predicted molar refractivity (Wildman–Crippen MR) is 75.6 cm³/mol. The Bertz CT molecular complexity index is 460. The lowest BCUT2D eigenvalue weighted by molar-refractivity contribution is -0.119. The smallest absolute Gasteiger partial charge is 0.220 e. The summed E-state index contributed by atoms with van der Waals surface area (Å²) in [6, 6.07) is 4.47. The van der Waals surface area contributed by atoms with E-state index >= 15 is 0 Å². The molecular formula is C14H19BrN2O2. The largest absolute Gasteiger partial charge is 0.453 e. The highest BCUT2D eigenvalue weighted by atomic mass is 79.9. The SMILES string of the molecule is O=C1C[C@@H]([C@@H]2CCCCN2Cc2ccc(Br)o2)CN1. The van der Waals surface area contributed by atoms with Gasteiger partial charge in [0.15, 0.2) is 4.67 Å². The van der Waals surface area contributed by atoms with Crippen molar-refractivity contribution in [3.8, 4) is 0 Å². The fourth-order valence-electron chi connectivity index (χ4n) is 3.28. The number of amides is 1. The summed E-state index contributed by atoms with van der Waals surface area (Å²) in [5.74, 6) is 1.67. The van der Waals surface area contributed by atoms with Gasteiger partial charge in [0, 0.05) is 24.9 Å². The van der Waals surface area contributed by atoms with Crippen LogP contribution in [0.5, 0.6) is 0 Å². The molecule has 0 unspecified atom stereocenters. The van der Waals surface area contributed by atoms with Gasteiger partial charge in [0.05, 0.1) is 6.54 Å². The molecule has 2 atom stereocenters. The molecular weight excluding hydrogens is 308 g/mol. The number of hydrogen-bond acceptors (Lipinski definition) is 3. The van der Waals surface area contributed by atoms with E-state index < -0.39 is 0 Å². The second kappa shape index (κ2) is 5.67. The van der Waals surface area contributed by atoms with E-state index in [4.69, 9.17) is 4.42 Å². The third-order valence-corrected chi connectivity index (χ3v) is 4.63. The summed E-state index contributed by atoms with van der Waals surface area (Å²) in [5.41, 5.74) is 0. The molecule has 0 bridgehead atoms. The van der Waals surface area contributed by atoms with Gasteiger partial charge in [0.2, 0.25) is 5.91 Å². The number of likely N-dealkylation sites (tertiary alicyclic amines) is 1. The summed E-state index contributed by atoms with van der Waals surface area (Å²) >= 11 is 3.35. The quantitative estimate of drug-likeness (QED) is 0.928. The van der Waals surface area contributed by atoms with Crippen molar-refractivity contribution in [3.05, 3.63) is 22.6 Å². The highest BCUT2D eigenvalue weighted by molar-refractivity contribution is 9.10. The van der Waals surface area contributed by atoms with Gasteiger partial charge >= 0.3 is 0 Å². The Morgan fingerprint density at radius 1 is 1.42 bits per heavy atom. The van der Waals surface area contributed by atoms with Gasteiger partial charge in [0.25, 0.3) is 0 Å². The lowest BCUT2D eigenvalue weighted by Crippen LogP contribution is -2.44. The minimum absolute atomic E-state index is 0.205. The van der Waals surface area contributed by atoms with E-state index in [-0.39, 0.29) is 5.91 Å². The molecule has 2 aliphatic rings. The van der Waals surface area contributed by atoms with Crippen LogP contribution in [0.2, 0.25) is 0 Å². The molecule has 19 heavy (non-hydrogen) atoms. The van der Waals surface area contributed by atoms with E-state index in [1.165, 1.54) is 19.3 Å². The molecule has 1 aromatic rings. The third kappa shape index (κ3) is 3.03. The van der Waals surface area contributed by atoms with Crippen LogP contribution in [0.15, 0.2) is 21.2 Å². The summed E-state index contributed by atoms with van der Waals surface area (Å²) < 4.78 is 6.40. The Balaban J connectivity index is 1.68. The lowest BCUT2D eigenvalue weighted by Gasteiger charge is -2.38. The van der Waals surface area contributed by atoms with E-state index in [0.29, 0.717) is 18.4 Å². The molecule has 1 aromatic heterocycles. The maximum atomic E-state index is 11.4. The van der Waals surface area contributed by atoms with E-state index in [2.05, 4.69) is 26.1 Å². The van der Waals surface area contributed by atoms with Crippen molar-refractivity contribution in [3.63, 3.8) is 0 Å². The van der Waals surface area contributed by atoms with Crippen LogP contribution in [0.3, 0.4) is 0 Å². The number of furan rings is 1. The van der Waals surface area contributed by atoms with Crippen LogP contribution in [0, 0.1) is 5.92 Å². The summed E-state index contributed by atoms with van der Waals surface area (Å²) in [7, 11) is 0. The van der Waals surface area contributed by atoms with Crippen LogP contribution in [0.25, 0.3) is 0 Å². The van der Waals surface area contributed by atoms with Gasteiger partial charge in [-0.05, 0) is 47.4 Å². The van der Waals surface area contributed by atoms with Gasteiger partial charge in [-0.2, -0.15) is 0 Å². The Morgan fingerprint density at radius 2 is 2.32 bits per heavy atom. The van der Waals surface area contributed by atoms with Crippen molar-refractivity contribution in [2.75, 3.05) is 13.1 Å². The van der Waals surface area contributed by atoms with Crippen molar-refractivity contribution in [1.29, 1.82) is 0 Å². The van der Waals surface area contributed by atoms with Crippen LogP contribution in [0.4, 0.5) is 0 Å². The molecule has 104 valence electrons. The topological polar surface area (TPSA) is 45.5 Å². The van der Waals surface area contributed by atoms with E-state index in [1.807, 2.05) is 12.1 Å². The zero-order valence-corrected chi connectivity index (χ0v) is 12.5. The van der Waals surface area contributed by atoms with Crippen LogP contribution in [-0.4, -0.2) is 29.9 Å². The molecule has 0 spiro atoms. The monoisotopic (exact) mass is 326 g/mol. The van der Waals surface area contributed by atoms with Crippen molar-refractivity contribution in [1.82, 2.24) is 10.2 Å². The Kier molecular flexibility index (Phi) is 3.93. The fraction of sp³-hybridized carbons (Fsp3) is 0.643. The van der Waals surface area contributed by atoms with E-state index in [9.17, 15) is 4.79 Å². The molecule has 0 aromatic carbocycles. The summed E-state index contributed by atoms with van der Waals surface area (Å²) in [5, 5.41) is 2.96. The molecule has 2 saturated heterocycles. The lowest BCUT2D eigenvalue weighted by atomic mass is 9.89. The molecule has 2 fully saturated rings. The Labute approximate surface area is 121 Å². The normalized spacial score (nSPS) is 28.6. The summed E-state index contributed by atoms with van der Waals surface area (Å²) in [6.45, 7) is 2.79. The van der Waals surface area contributed by atoms with Crippen LogP contribution >= 0.6 is 15.9 Å². The van der Waals surface area contributed by atoms with Crippen LogP contribution < -0.4 is 5.32 Å². The zero-order valence-electron chi connectivity index (χ0n) is 10.9. The minimum Gasteiger partial charge on any atom is -0.453 e. The molecule has 1 amide bonds. The van der Waals surface area contributed by atoms with Crippen LogP contribution in [-0.2, 0) is 11.3 Å². The second-order valence-corrected chi connectivity index (χ2v) is 6.29. The molecule has 3 heterocycles. The third-order valence-electron chi connectivity index (χ3n) is 4.21. The molecule has 1 N–H and O–H groups in total. The second-order valence-electron chi connectivity index (χ2n) is 5.51. The first kappa shape index (κ1) is 13.2. The predicted octanol–water partition coefficient (Wildman–Crippen LogP) is 2.53.